The predicted octanol–water partition coefficient (Wildman–Crippen LogP) is 0.626. The maximum Gasteiger partial charge on any atom is 0.101 e. The van der Waals surface area contributed by atoms with Gasteiger partial charge in [-0.2, -0.15) is 0 Å². The second kappa shape index (κ2) is 7.18. The van der Waals surface area contributed by atoms with Crippen LogP contribution in [0.5, 0.6) is 0 Å². The highest BCUT2D eigenvalue weighted by atomic mass is 16.3. The number of aliphatic hydroxyl groups excluding tert-OH is 1. The second-order valence-electron chi connectivity index (χ2n) is 1.99. The van der Waals surface area contributed by atoms with Gasteiger partial charge in [0.1, 0.15) is 6.23 Å². The van der Waals surface area contributed by atoms with Gasteiger partial charge in [-0.15, -0.1) is 0 Å². The fourth-order valence-corrected chi connectivity index (χ4v) is 0.313. The lowest BCUT2D eigenvalue weighted by atomic mass is 10.5. The maximum absolute atomic E-state index is 8.25. The molecule has 3 nitrogen and oxygen atoms in total. The van der Waals surface area contributed by atoms with Crippen LogP contribution in [-0.2, 0) is 0 Å². The van der Waals surface area contributed by atoms with Crippen LogP contribution in [-0.4, -0.2) is 23.4 Å². The van der Waals surface area contributed by atoms with Gasteiger partial charge in [-0.1, -0.05) is 6.07 Å². The highest BCUT2D eigenvalue weighted by molar-refractivity contribution is 4.88. The zero-order valence-electron chi connectivity index (χ0n) is 6.86. The molecule has 0 aromatic carbocycles. The third-order valence-electron chi connectivity index (χ3n) is 0.984. The molecule has 0 aliphatic heterocycles. The zero-order valence-corrected chi connectivity index (χ0v) is 6.86. The zero-order chi connectivity index (χ0) is 8.53. The van der Waals surface area contributed by atoms with Crippen molar-refractivity contribution in [3.05, 3.63) is 30.6 Å². The number of rotatable bonds is 1. The molecule has 2 N–H and O–H groups in total. The summed E-state index contributed by atoms with van der Waals surface area (Å²) >= 11 is 0. The summed E-state index contributed by atoms with van der Waals surface area (Å²) < 4.78 is 0. The molecule has 1 heterocycles. The first-order chi connectivity index (χ1) is 5.27. The summed E-state index contributed by atoms with van der Waals surface area (Å²) in [7, 11) is 1.70. The van der Waals surface area contributed by atoms with Gasteiger partial charge in [0, 0.05) is 12.4 Å². The number of pyridine rings is 1. The highest BCUT2D eigenvalue weighted by Crippen LogP contribution is 1.73. The van der Waals surface area contributed by atoms with Gasteiger partial charge in [0.15, 0.2) is 0 Å². The largest absolute Gasteiger partial charge is 0.379 e. The number of aliphatic hydroxyl groups is 1. The predicted molar refractivity (Wildman–Crippen MR) is 45.0 cm³/mol. The molecule has 0 spiro atoms. The first kappa shape index (κ1) is 10.1. The van der Waals surface area contributed by atoms with Crippen LogP contribution in [0.25, 0.3) is 0 Å². The van der Waals surface area contributed by atoms with Crippen molar-refractivity contribution in [1.29, 1.82) is 0 Å². The molecule has 3 heteroatoms. The van der Waals surface area contributed by atoms with Crippen LogP contribution in [0.1, 0.15) is 6.92 Å². The second-order valence-corrected chi connectivity index (χ2v) is 1.99. The molecule has 1 atom stereocenters. The van der Waals surface area contributed by atoms with E-state index in [4.69, 9.17) is 5.11 Å². The molecule has 1 aromatic rings. The number of hydrogen-bond donors (Lipinski definition) is 2. The SMILES string of the molecule is CNC(C)O.c1ccncc1. The minimum absolute atomic E-state index is 0.366. The molecular formula is C8H14N2O. The number of nitrogens with one attached hydrogen (secondary N) is 1. The fraction of sp³-hybridized carbons (Fsp3) is 0.375. The Hall–Kier alpha value is -0.930. The molecular weight excluding hydrogens is 140 g/mol. The fourth-order valence-electron chi connectivity index (χ4n) is 0.313. The third kappa shape index (κ3) is 9.07. The quantitative estimate of drug-likeness (QED) is 0.583. The lowest BCUT2D eigenvalue weighted by molar-refractivity contribution is 0.167. The van der Waals surface area contributed by atoms with Gasteiger partial charge in [0.2, 0.25) is 0 Å². The molecule has 0 radical (unpaired) electrons. The van der Waals surface area contributed by atoms with Crippen LogP contribution in [0.4, 0.5) is 0 Å². The van der Waals surface area contributed by atoms with E-state index < -0.39 is 0 Å². The van der Waals surface area contributed by atoms with E-state index in [1.807, 2.05) is 18.2 Å². The van der Waals surface area contributed by atoms with Gasteiger partial charge in [-0.25, -0.2) is 0 Å². The van der Waals surface area contributed by atoms with E-state index in [2.05, 4.69) is 10.3 Å². The van der Waals surface area contributed by atoms with Crippen LogP contribution in [0.2, 0.25) is 0 Å². The summed E-state index contributed by atoms with van der Waals surface area (Å²) in [4.78, 5) is 3.78. The van der Waals surface area contributed by atoms with Gasteiger partial charge in [0.05, 0.1) is 0 Å². The topological polar surface area (TPSA) is 45.1 Å². The van der Waals surface area contributed by atoms with E-state index in [1.54, 1.807) is 26.4 Å². The van der Waals surface area contributed by atoms with Gasteiger partial charge in [0.25, 0.3) is 0 Å². The van der Waals surface area contributed by atoms with E-state index in [9.17, 15) is 0 Å². The first-order valence-corrected chi connectivity index (χ1v) is 3.47. The summed E-state index contributed by atoms with van der Waals surface area (Å²) in [5, 5.41) is 10.8. The lowest BCUT2D eigenvalue weighted by Gasteiger charge is -1.94. The first-order valence-electron chi connectivity index (χ1n) is 3.47. The summed E-state index contributed by atoms with van der Waals surface area (Å²) in [5.41, 5.74) is 0. The molecule has 1 rings (SSSR count). The number of aromatic nitrogens is 1. The van der Waals surface area contributed by atoms with Crippen molar-refractivity contribution in [3.8, 4) is 0 Å². The molecule has 0 aliphatic rings. The van der Waals surface area contributed by atoms with Gasteiger partial charge < -0.3 is 5.11 Å². The van der Waals surface area contributed by atoms with Crippen molar-refractivity contribution >= 4 is 0 Å². The molecule has 0 amide bonds. The van der Waals surface area contributed by atoms with Crippen LogP contribution in [0, 0.1) is 0 Å². The van der Waals surface area contributed by atoms with E-state index in [1.165, 1.54) is 0 Å². The van der Waals surface area contributed by atoms with Crippen molar-refractivity contribution in [3.63, 3.8) is 0 Å². The van der Waals surface area contributed by atoms with Crippen molar-refractivity contribution in [2.24, 2.45) is 0 Å². The lowest BCUT2D eigenvalue weighted by Crippen LogP contribution is -2.19. The Labute approximate surface area is 67.1 Å². The normalized spacial score (nSPS) is 11.2. The summed E-state index contributed by atoms with van der Waals surface area (Å²) in [6.45, 7) is 1.67. The Morgan fingerprint density at radius 1 is 1.27 bits per heavy atom. The summed E-state index contributed by atoms with van der Waals surface area (Å²) in [6, 6.07) is 5.72. The molecule has 0 bridgehead atoms. The molecule has 62 valence electrons. The van der Waals surface area contributed by atoms with Crippen LogP contribution in [0.15, 0.2) is 30.6 Å². The molecule has 0 saturated heterocycles. The third-order valence-corrected chi connectivity index (χ3v) is 0.984. The summed E-state index contributed by atoms with van der Waals surface area (Å²) in [5.74, 6) is 0. The van der Waals surface area contributed by atoms with Crippen molar-refractivity contribution in [2.45, 2.75) is 13.2 Å². The van der Waals surface area contributed by atoms with Crippen LogP contribution >= 0.6 is 0 Å². The monoisotopic (exact) mass is 154 g/mol. The smallest absolute Gasteiger partial charge is 0.101 e. The molecule has 11 heavy (non-hydrogen) atoms. The number of nitrogens with zero attached hydrogens (tertiary/aromatic N) is 1. The standard InChI is InChI=1S/C5H5N.C3H9NO/c1-2-4-6-5-3-1;1-3(5)4-2/h1-5H;3-5H,1-2H3. The van der Waals surface area contributed by atoms with Gasteiger partial charge >= 0.3 is 0 Å². The van der Waals surface area contributed by atoms with Crippen LogP contribution in [0.3, 0.4) is 0 Å². The van der Waals surface area contributed by atoms with E-state index in [0.29, 0.717) is 0 Å². The van der Waals surface area contributed by atoms with Crippen molar-refractivity contribution < 1.29 is 5.11 Å². The van der Waals surface area contributed by atoms with E-state index >= 15 is 0 Å². The molecule has 0 fully saturated rings. The van der Waals surface area contributed by atoms with Gasteiger partial charge in [-0.05, 0) is 26.1 Å². The Morgan fingerprint density at radius 3 is 1.82 bits per heavy atom. The van der Waals surface area contributed by atoms with Crippen molar-refractivity contribution in [1.82, 2.24) is 10.3 Å². The van der Waals surface area contributed by atoms with Crippen molar-refractivity contribution in [2.75, 3.05) is 7.05 Å². The Balaban J connectivity index is 0.000000187. The Morgan fingerprint density at radius 2 is 1.73 bits per heavy atom. The van der Waals surface area contributed by atoms with E-state index in [-0.39, 0.29) is 6.23 Å². The van der Waals surface area contributed by atoms with Gasteiger partial charge in [-0.3, -0.25) is 10.3 Å². The minimum Gasteiger partial charge on any atom is -0.379 e. The molecule has 0 aliphatic carbocycles. The average Bonchev–Trinajstić information content (AvgIpc) is 2.09. The van der Waals surface area contributed by atoms with E-state index in [0.717, 1.165) is 0 Å². The Kier molecular flexibility index (Phi) is 6.57. The molecule has 1 unspecified atom stereocenters. The number of hydrogen-bond acceptors (Lipinski definition) is 3. The molecule has 1 aromatic heterocycles. The minimum atomic E-state index is -0.366. The highest BCUT2D eigenvalue weighted by Gasteiger charge is 1.78. The summed E-state index contributed by atoms with van der Waals surface area (Å²) in [6.07, 6.45) is 3.13. The van der Waals surface area contributed by atoms with Crippen LogP contribution < -0.4 is 5.32 Å². The average molecular weight is 154 g/mol. The molecule has 0 saturated carbocycles. The Bertz CT molecular complexity index is 127. The maximum atomic E-state index is 8.25.